The number of nitrogens with zero attached hydrogens (tertiary/aromatic N) is 3. The predicted molar refractivity (Wildman–Crippen MR) is 313 cm³/mol. The van der Waals surface area contributed by atoms with Gasteiger partial charge >= 0.3 is 0 Å². The van der Waals surface area contributed by atoms with Crippen molar-refractivity contribution >= 4 is 62.9 Å². The SMILES string of the molecule is CC(C)(C)c1ccc(-c2ccc(N3c4ccc(-c5ccc(C(C)(C)C)cc5)cc4B4c5ccc(N6C7CC8CC(C7)CC6C8)cc5N(c5ccc(-c6ccccc6)cc5)c5cc(C(C)(C)C)cc3c54)cc2)cc1. The van der Waals surface area contributed by atoms with Crippen molar-refractivity contribution in [3.63, 3.8) is 0 Å². The topological polar surface area (TPSA) is 9.72 Å². The molecule has 0 amide bonds. The van der Waals surface area contributed by atoms with Crippen molar-refractivity contribution in [3.05, 3.63) is 193 Å². The molecule has 4 fully saturated rings. The minimum atomic E-state index is -0.115. The van der Waals surface area contributed by atoms with Crippen molar-refractivity contribution in [2.24, 2.45) is 11.8 Å². The molecule has 8 aromatic rings. The highest BCUT2D eigenvalue weighted by Crippen LogP contribution is 2.52. The van der Waals surface area contributed by atoms with E-state index < -0.39 is 0 Å². The molecule has 0 atom stereocenters. The highest BCUT2D eigenvalue weighted by molar-refractivity contribution is 7.00. The fraction of sp³-hybridized carbons (Fsp3) is 0.304. The lowest BCUT2D eigenvalue weighted by Gasteiger charge is -2.57. The molecule has 364 valence electrons. The monoisotopic (exact) mass is 952 g/mol. The molecule has 0 spiro atoms. The number of hydrogen-bond acceptors (Lipinski definition) is 3. The Hall–Kier alpha value is -6.78. The highest BCUT2D eigenvalue weighted by atomic mass is 15.2. The molecule has 2 aliphatic carbocycles. The molecule has 4 heterocycles. The van der Waals surface area contributed by atoms with Crippen LogP contribution in [0.15, 0.2) is 176 Å². The zero-order chi connectivity index (χ0) is 50.1. The molecular weight excluding hydrogens is 882 g/mol. The Kier molecular flexibility index (Phi) is 10.7. The largest absolute Gasteiger partial charge is 0.365 e. The third-order valence-electron chi connectivity index (χ3n) is 17.6. The van der Waals surface area contributed by atoms with Crippen molar-refractivity contribution in [3.8, 4) is 33.4 Å². The zero-order valence-corrected chi connectivity index (χ0v) is 44.5. The highest BCUT2D eigenvalue weighted by Gasteiger charge is 2.49. The van der Waals surface area contributed by atoms with Crippen LogP contribution < -0.4 is 31.1 Å². The first-order valence-corrected chi connectivity index (χ1v) is 27.4. The lowest BCUT2D eigenvalue weighted by Crippen LogP contribution is -2.62. The summed E-state index contributed by atoms with van der Waals surface area (Å²) in [5, 5.41) is 0. The molecule has 8 aromatic carbocycles. The summed E-state index contributed by atoms with van der Waals surface area (Å²) in [6.07, 6.45) is 6.80. The van der Waals surface area contributed by atoms with Crippen LogP contribution in [0.4, 0.5) is 39.8 Å². The Labute approximate surface area is 436 Å². The van der Waals surface area contributed by atoms with E-state index in [1.807, 2.05) is 0 Å². The van der Waals surface area contributed by atoms with E-state index in [-0.39, 0.29) is 23.0 Å². The maximum absolute atomic E-state index is 2.88. The third-order valence-corrected chi connectivity index (χ3v) is 17.6. The lowest BCUT2D eigenvalue weighted by molar-refractivity contribution is 0.0900. The first-order valence-electron chi connectivity index (χ1n) is 27.4. The van der Waals surface area contributed by atoms with E-state index in [0.29, 0.717) is 12.1 Å². The van der Waals surface area contributed by atoms with Crippen LogP contribution in [-0.4, -0.2) is 18.8 Å². The number of benzene rings is 8. The van der Waals surface area contributed by atoms with E-state index in [1.165, 1.54) is 138 Å². The van der Waals surface area contributed by atoms with Gasteiger partial charge in [-0.1, -0.05) is 184 Å². The molecule has 14 rings (SSSR count). The van der Waals surface area contributed by atoms with Gasteiger partial charge in [0.1, 0.15) is 0 Å². The van der Waals surface area contributed by atoms with Crippen molar-refractivity contribution in [2.45, 2.75) is 123 Å². The van der Waals surface area contributed by atoms with Gasteiger partial charge in [-0.25, -0.2) is 0 Å². The summed E-state index contributed by atoms with van der Waals surface area (Å²) in [4.78, 5) is 8.13. The Morgan fingerprint density at radius 2 is 0.767 bits per heavy atom. The van der Waals surface area contributed by atoms with Gasteiger partial charge in [0.25, 0.3) is 6.71 Å². The second-order valence-electron chi connectivity index (χ2n) is 25.5. The second-order valence-corrected chi connectivity index (χ2v) is 25.5. The summed E-state index contributed by atoms with van der Waals surface area (Å²) in [6, 6.07) is 69.5. The summed E-state index contributed by atoms with van der Waals surface area (Å²) in [5.41, 5.74) is 24.5. The van der Waals surface area contributed by atoms with Crippen LogP contribution >= 0.6 is 0 Å². The summed E-state index contributed by atoms with van der Waals surface area (Å²) < 4.78 is 0. The molecule has 2 saturated heterocycles. The van der Waals surface area contributed by atoms with Gasteiger partial charge in [0.2, 0.25) is 0 Å². The van der Waals surface area contributed by atoms with E-state index in [9.17, 15) is 0 Å². The average molecular weight is 952 g/mol. The molecule has 0 N–H and O–H groups in total. The second kappa shape index (κ2) is 16.9. The Morgan fingerprint density at radius 1 is 0.342 bits per heavy atom. The minimum Gasteiger partial charge on any atom is -0.365 e. The van der Waals surface area contributed by atoms with Crippen LogP contribution in [0.25, 0.3) is 33.4 Å². The van der Waals surface area contributed by atoms with Gasteiger partial charge in [0.05, 0.1) is 0 Å². The van der Waals surface area contributed by atoms with Crippen molar-refractivity contribution < 1.29 is 0 Å². The van der Waals surface area contributed by atoms with Crippen LogP contribution in [0.5, 0.6) is 0 Å². The van der Waals surface area contributed by atoms with Crippen LogP contribution in [0, 0.1) is 11.8 Å². The summed E-state index contributed by atoms with van der Waals surface area (Å²) in [7, 11) is 0. The van der Waals surface area contributed by atoms with E-state index in [2.05, 4.69) is 253 Å². The van der Waals surface area contributed by atoms with Crippen LogP contribution in [-0.2, 0) is 16.2 Å². The maximum Gasteiger partial charge on any atom is 0.252 e. The molecule has 4 bridgehead atoms. The number of piperidine rings is 2. The Balaban J connectivity index is 1.03. The average Bonchev–Trinajstić information content (AvgIpc) is 3.38. The van der Waals surface area contributed by atoms with Crippen LogP contribution in [0.2, 0.25) is 0 Å². The standard InChI is InChI=1S/C69H70BN3/c1-67(2,3)52-24-15-47(16-25-52)49-21-28-55(29-22-49)72-62-34-23-51(50-17-26-53(27-18-50)68(4,5)6)40-61(62)70-60-33-32-57(71-58-36-44-35-45(38-58)39-59(71)37-44)43-63(60)73(65-42-54(69(7,8)9)41-64(72)66(65)70)56-30-19-48(20-31-56)46-13-11-10-12-14-46/h10-34,40-45,58-59H,35-39H2,1-9H3. The third kappa shape index (κ3) is 7.94. The molecule has 0 unspecified atom stereocenters. The smallest absolute Gasteiger partial charge is 0.252 e. The van der Waals surface area contributed by atoms with Gasteiger partial charge in [0.15, 0.2) is 0 Å². The molecule has 4 aliphatic heterocycles. The fourth-order valence-electron chi connectivity index (χ4n) is 13.8. The van der Waals surface area contributed by atoms with E-state index in [4.69, 9.17) is 0 Å². The molecule has 0 aromatic heterocycles. The molecule has 6 aliphatic rings. The number of hydrogen-bond donors (Lipinski definition) is 0. The molecular formula is C69H70BN3. The van der Waals surface area contributed by atoms with E-state index in [1.54, 1.807) is 0 Å². The van der Waals surface area contributed by atoms with Gasteiger partial charge in [-0.2, -0.15) is 0 Å². The van der Waals surface area contributed by atoms with Crippen molar-refractivity contribution in [1.82, 2.24) is 0 Å². The zero-order valence-electron chi connectivity index (χ0n) is 44.5. The van der Waals surface area contributed by atoms with Crippen LogP contribution in [0.3, 0.4) is 0 Å². The lowest BCUT2D eigenvalue weighted by atomic mass is 9.33. The maximum atomic E-state index is 2.88. The van der Waals surface area contributed by atoms with Crippen LogP contribution in [0.1, 0.15) is 111 Å². The first kappa shape index (κ1) is 46.0. The van der Waals surface area contributed by atoms with E-state index >= 15 is 0 Å². The summed E-state index contributed by atoms with van der Waals surface area (Å²) in [6.45, 7) is 20.9. The number of fused-ring (bicyclic) bond motifs is 4. The van der Waals surface area contributed by atoms with Gasteiger partial charge in [0, 0.05) is 51.9 Å². The normalized spacial score (nSPS) is 19.7. The Bertz CT molecular complexity index is 3360. The molecule has 4 heteroatoms. The molecule has 2 saturated carbocycles. The number of rotatable bonds is 6. The van der Waals surface area contributed by atoms with Gasteiger partial charge in [-0.15, -0.1) is 0 Å². The Morgan fingerprint density at radius 3 is 1.26 bits per heavy atom. The molecule has 73 heavy (non-hydrogen) atoms. The van der Waals surface area contributed by atoms with Crippen molar-refractivity contribution in [2.75, 3.05) is 14.7 Å². The van der Waals surface area contributed by atoms with Gasteiger partial charge < -0.3 is 14.7 Å². The molecule has 0 radical (unpaired) electrons. The van der Waals surface area contributed by atoms with E-state index in [0.717, 1.165) is 11.8 Å². The number of anilines is 7. The summed E-state index contributed by atoms with van der Waals surface area (Å²) >= 11 is 0. The van der Waals surface area contributed by atoms with Gasteiger partial charge in [-0.05, 0) is 181 Å². The molecule has 3 nitrogen and oxygen atoms in total. The summed E-state index contributed by atoms with van der Waals surface area (Å²) in [5.74, 6) is 1.79. The predicted octanol–water partition coefficient (Wildman–Crippen LogP) is 16.4. The first-order chi connectivity index (χ1) is 35.0. The minimum absolute atomic E-state index is 0.0112. The van der Waals surface area contributed by atoms with Gasteiger partial charge in [-0.3, -0.25) is 0 Å². The quantitative estimate of drug-likeness (QED) is 0.154. The fourth-order valence-corrected chi connectivity index (χ4v) is 13.8. The van der Waals surface area contributed by atoms with Crippen molar-refractivity contribution in [1.29, 1.82) is 0 Å².